The fourth-order valence-corrected chi connectivity index (χ4v) is 3.24. The quantitative estimate of drug-likeness (QED) is 0.716. The van der Waals surface area contributed by atoms with Gasteiger partial charge in [0, 0.05) is 0 Å². The van der Waals surface area contributed by atoms with Crippen molar-refractivity contribution in [2.24, 2.45) is 17.6 Å². The van der Waals surface area contributed by atoms with Gasteiger partial charge in [0.05, 0.1) is 0 Å². The molecule has 2 heteroatoms. The largest absolute Gasteiger partial charge is 0.330 e. The van der Waals surface area contributed by atoms with Crippen molar-refractivity contribution >= 4 is 0 Å². The average molecular weight is 254 g/mol. The summed E-state index contributed by atoms with van der Waals surface area (Å²) in [6.07, 6.45) is 11.0. The van der Waals surface area contributed by atoms with Crippen LogP contribution in [-0.2, 0) is 0 Å². The van der Waals surface area contributed by atoms with E-state index in [4.69, 9.17) is 5.73 Å². The van der Waals surface area contributed by atoms with Crippen LogP contribution in [0.25, 0.3) is 0 Å². The summed E-state index contributed by atoms with van der Waals surface area (Å²) in [6.45, 7) is 9.51. The van der Waals surface area contributed by atoms with Crippen molar-refractivity contribution < 1.29 is 0 Å². The van der Waals surface area contributed by atoms with Gasteiger partial charge in [-0.25, -0.2) is 0 Å². The predicted octanol–water partition coefficient (Wildman–Crippen LogP) is 3.65. The van der Waals surface area contributed by atoms with Crippen molar-refractivity contribution in [1.29, 1.82) is 0 Å². The first-order valence-corrected chi connectivity index (χ1v) is 8.18. The van der Waals surface area contributed by atoms with Crippen LogP contribution in [-0.4, -0.2) is 31.1 Å². The molecule has 0 saturated carbocycles. The third-order valence-corrected chi connectivity index (χ3v) is 4.47. The van der Waals surface area contributed by atoms with Crippen LogP contribution < -0.4 is 5.73 Å². The Labute approximate surface area is 114 Å². The van der Waals surface area contributed by atoms with E-state index in [2.05, 4.69) is 18.7 Å². The van der Waals surface area contributed by atoms with Crippen LogP contribution in [0.1, 0.15) is 65.2 Å². The lowest BCUT2D eigenvalue weighted by Crippen LogP contribution is -2.26. The van der Waals surface area contributed by atoms with Gasteiger partial charge in [-0.05, 0) is 76.5 Å². The van der Waals surface area contributed by atoms with Crippen molar-refractivity contribution in [3.8, 4) is 0 Å². The van der Waals surface area contributed by atoms with Crippen LogP contribution in [0.2, 0.25) is 0 Å². The molecule has 0 radical (unpaired) electrons. The first-order valence-electron chi connectivity index (χ1n) is 8.18. The van der Waals surface area contributed by atoms with E-state index in [1.165, 1.54) is 71.0 Å². The number of nitrogens with zero attached hydrogens (tertiary/aromatic N) is 1. The lowest BCUT2D eigenvalue weighted by Gasteiger charge is -2.21. The van der Waals surface area contributed by atoms with Gasteiger partial charge in [-0.2, -0.15) is 0 Å². The smallest absolute Gasteiger partial charge is 0.00161 e. The Morgan fingerprint density at radius 2 is 2.06 bits per heavy atom. The maximum atomic E-state index is 5.60. The molecule has 1 rings (SSSR count). The molecule has 0 spiro atoms. The highest BCUT2D eigenvalue weighted by molar-refractivity contribution is 4.70. The van der Waals surface area contributed by atoms with Crippen LogP contribution >= 0.6 is 0 Å². The Hall–Kier alpha value is -0.0800. The van der Waals surface area contributed by atoms with Gasteiger partial charge in [0.2, 0.25) is 0 Å². The van der Waals surface area contributed by atoms with E-state index in [1.807, 2.05) is 0 Å². The maximum Gasteiger partial charge on any atom is -0.00161 e. The Bertz CT molecular complexity index is 194. The third kappa shape index (κ3) is 6.75. The van der Waals surface area contributed by atoms with E-state index in [0.29, 0.717) is 0 Å². The molecule has 2 N–H and O–H groups in total. The minimum atomic E-state index is 0.815. The summed E-state index contributed by atoms with van der Waals surface area (Å²) >= 11 is 0. The van der Waals surface area contributed by atoms with E-state index >= 15 is 0 Å². The minimum absolute atomic E-state index is 0.815. The Morgan fingerprint density at radius 3 is 2.78 bits per heavy atom. The lowest BCUT2D eigenvalue weighted by molar-refractivity contribution is 0.266. The lowest BCUT2D eigenvalue weighted by atomic mass is 9.96. The fraction of sp³-hybridized carbons (Fsp3) is 1.00. The molecular weight excluding hydrogens is 220 g/mol. The summed E-state index contributed by atoms with van der Waals surface area (Å²) in [5, 5.41) is 0. The molecule has 1 fully saturated rings. The first-order chi connectivity index (χ1) is 8.76. The third-order valence-electron chi connectivity index (χ3n) is 4.47. The number of nitrogens with two attached hydrogens (primary N) is 1. The van der Waals surface area contributed by atoms with Gasteiger partial charge in [0.25, 0.3) is 0 Å². The second kappa shape index (κ2) is 9.80. The van der Waals surface area contributed by atoms with Crippen molar-refractivity contribution in [3.63, 3.8) is 0 Å². The Morgan fingerprint density at radius 1 is 1.22 bits per heavy atom. The van der Waals surface area contributed by atoms with Crippen LogP contribution in [0.5, 0.6) is 0 Å². The summed E-state index contributed by atoms with van der Waals surface area (Å²) in [5.74, 6) is 1.82. The van der Waals surface area contributed by atoms with Crippen LogP contribution in [0.3, 0.4) is 0 Å². The second-order valence-corrected chi connectivity index (χ2v) is 6.25. The van der Waals surface area contributed by atoms with Crippen molar-refractivity contribution in [3.05, 3.63) is 0 Å². The van der Waals surface area contributed by atoms with Crippen molar-refractivity contribution in [2.45, 2.75) is 65.2 Å². The minimum Gasteiger partial charge on any atom is -0.330 e. The molecule has 0 aromatic carbocycles. The predicted molar refractivity (Wildman–Crippen MR) is 80.8 cm³/mol. The van der Waals surface area contributed by atoms with E-state index in [0.717, 1.165) is 18.4 Å². The monoisotopic (exact) mass is 254 g/mol. The Balaban J connectivity index is 2.11. The highest BCUT2D eigenvalue weighted by Crippen LogP contribution is 2.22. The molecule has 18 heavy (non-hydrogen) atoms. The number of hydrogen-bond acceptors (Lipinski definition) is 2. The molecule has 1 saturated heterocycles. The number of hydrogen-bond donors (Lipinski definition) is 1. The van der Waals surface area contributed by atoms with Gasteiger partial charge in [-0.15, -0.1) is 0 Å². The molecule has 1 aliphatic heterocycles. The van der Waals surface area contributed by atoms with E-state index in [-0.39, 0.29) is 0 Å². The zero-order valence-electron chi connectivity index (χ0n) is 12.7. The zero-order chi connectivity index (χ0) is 13.2. The van der Waals surface area contributed by atoms with Gasteiger partial charge in [-0.3, -0.25) is 0 Å². The number of likely N-dealkylation sites (tertiary alicyclic amines) is 1. The first kappa shape index (κ1) is 16.0. The molecule has 0 bridgehead atoms. The molecular formula is C16H34N2. The zero-order valence-corrected chi connectivity index (χ0v) is 12.7. The molecule has 2 atom stereocenters. The molecule has 1 aliphatic rings. The SMILES string of the molecule is CCCC1CCCN(CCCC(C)CCN)CC1. The van der Waals surface area contributed by atoms with Crippen molar-refractivity contribution in [1.82, 2.24) is 4.90 Å². The topological polar surface area (TPSA) is 29.3 Å². The van der Waals surface area contributed by atoms with Crippen LogP contribution in [0, 0.1) is 11.8 Å². The summed E-state index contributed by atoms with van der Waals surface area (Å²) in [4.78, 5) is 2.70. The molecule has 2 nitrogen and oxygen atoms in total. The van der Waals surface area contributed by atoms with Gasteiger partial charge in [0.15, 0.2) is 0 Å². The van der Waals surface area contributed by atoms with E-state index in [1.54, 1.807) is 0 Å². The van der Waals surface area contributed by atoms with Crippen LogP contribution in [0.4, 0.5) is 0 Å². The standard InChI is InChI=1S/C16H34N2/c1-3-6-16-8-5-13-18(14-10-16)12-4-7-15(2)9-11-17/h15-16H,3-14,17H2,1-2H3. The molecule has 0 aliphatic carbocycles. The molecule has 1 heterocycles. The molecule has 0 aromatic heterocycles. The van der Waals surface area contributed by atoms with Gasteiger partial charge >= 0.3 is 0 Å². The molecule has 0 aromatic rings. The fourth-order valence-electron chi connectivity index (χ4n) is 3.24. The second-order valence-electron chi connectivity index (χ2n) is 6.25. The normalized spacial score (nSPS) is 23.8. The summed E-state index contributed by atoms with van der Waals surface area (Å²) in [5.41, 5.74) is 5.60. The van der Waals surface area contributed by atoms with Gasteiger partial charge in [-0.1, -0.05) is 26.7 Å². The highest BCUT2D eigenvalue weighted by atomic mass is 15.1. The maximum absolute atomic E-state index is 5.60. The van der Waals surface area contributed by atoms with Gasteiger partial charge < -0.3 is 10.6 Å². The van der Waals surface area contributed by atoms with Crippen molar-refractivity contribution in [2.75, 3.05) is 26.2 Å². The molecule has 0 amide bonds. The Kier molecular flexibility index (Phi) is 8.70. The van der Waals surface area contributed by atoms with Gasteiger partial charge in [0.1, 0.15) is 0 Å². The molecule has 2 unspecified atom stereocenters. The van der Waals surface area contributed by atoms with E-state index < -0.39 is 0 Å². The summed E-state index contributed by atoms with van der Waals surface area (Å²) in [6, 6.07) is 0. The molecule has 108 valence electrons. The summed E-state index contributed by atoms with van der Waals surface area (Å²) in [7, 11) is 0. The van der Waals surface area contributed by atoms with E-state index in [9.17, 15) is 0 Å². The summed E-state index contributed by atoms with van der Waals surface area (Å²) < 4.78 is 0. The number of rotatable bonds is 8. The van der Waals surface area contributed by atoms with Crippen LogP contribution in [0.15, 0.2) is 0 Å². The highest BCUT2D eigenvalue weighted by Gasteiger charge is 2.16. The average Bonchev–Trinajstić information content (AvgIpc) is 2.56.